The summed E-state index contributed by atoms with van der Waals surface area (Å²) in [5.74, 6) is 2.41. The molecule has 1 heterocycles. The van der Waals surface area contributed by atoms with Crippen molar-refractivity contribution in [2.45, 2.75) is 38.0 Å². The lowest BCUT2D eigenvalue weighted by Crippen LogP contribution is -1.96. The third-order valence-corrected chi connectivity index (χ3v) is 4.90. The van der Waals surface area contributed by atoms with Crippen molar-refractivity contribution in [2.75, 3.05) is 0 Å². The molecule has 0 unspecified atom stereocenters. The fraction of sp³-hybridized carbons (Fsp3) is 0.400. The second kappa shape index (κ2) is 5.55. The molecule has 0 aliphatic heterocycles. The van der Waals surface area contributed by atoms with Crippen LogP contribution in [0.1, 0.15) is 39.9 Å². The summed E-state index contributed by atoms with van der Waals surface area (Å²) in [6, 6.07) is 8.09. The van der Waals surface area contributed by atoms with E-state index in [9.17, 15) is 0 Å². The fourth-order valence-corrected chi connectivity index (χ4v) is 3.41. The van der Waals surface area contributed by atoms with Gasteiger partial charge in [0.05, 0.1) is 5.69 Å². The summed E-state index contributed by atoms with van der Waals surface area (Å²) in [5, 5.41) is 1.06. The molecule has 0 N–H and O–H groups in total. The van der Waals surface area contributed by atoms with E-state index in [4.69, 9.17) is 9.72 Å². The molecule has 100 valence electrons. The molecule has 1 aliphatic carbocycles. The normalized spacial score (nSPS) is 14.6. The Bertz CT molecular complexity index is 575. The molecule has 1 aromatic heterocycles. The molecule has 1 aromatic carbocycles. The van der Waals surface area contributed by atoms with E-state index >= 15 is 0 Å². The van der Waals surface area contributed by atoms with Gasteiger partial charge in [-0.05, 0) is 31.4 Å². The quantitative estimate of drug-likeness (QED) is 0.828. The van der Waals surface area contributed by atoms with Crippen LogP contribution in [0.5, 0.6) is 5.75 Å². The van der Waals surface area contributed by atoms with Gasteiger partial charge < -0.3 is 4.74 Å². The lowest BCUT2D eigenvalue weighted by atomic mass is 10.2. The van der Waals surface area contributed by atoms with Crippen LogP contribution in [0.4, 0.5) is 0 Å². The first-order valence-corrected chi connectivity index (χ1v) is 8.00. The molecule has 3 rings (SSSR count). The van der Waals surface area contributed by atoms with Crippen molar-refractivity contribution in [2.24, 2.45) is 0 Å². The number of para-hydroxylation sites is 1. The summed E-state index contributed by atoms with van der Waals surface area (Å²) >= 11 is 6.14. The zero-order chi connectivity index (χ0) is 13.2. The average Bonchev–Trinajstić information content (AvgIpc) is 3.18. The van der Waals surface area contributed by atoms with Gasteiger partial charge in [0.25, 0.3) is 0 Å². The Balaban J connectivity index is 1.71. The van der Waals surface area contributed by atoms with E-state index in [0.717, 1.165) is 22.1 Å². The van der Waals surface area contributed by atoms with Gasteiger partial charge in [0.15, 0.2) is 0 Å². The Morgan fingerprint density at radius 2 is 2.16 bits per heavy atom. The zero-order valence-electron chi connectivity index (χ0n) is 10.9. The van der Waals surface area contributed by atoms with E-state index in [-0.39, 0.29) is 0 Å². The van der Waals surface area contributed by atoms with Gasteiger partial charge in [-0.2, -0.15) is 12.6 Å². The van der Waals surface area contributed by atoms with E-state index in [0.29, 0.717) is 12.5 Å². The summed E-state index contributed by atoms with van der Waals surface area (Å²) in [6.45, 7) is 2.62. The molecular formula is C15H17NOS2. The molecule has 0 spiro atoms. The molecule has 1 saturated carbocycles. The molecule has 0 saturated heterocycles. The number of thiol groups is 1. The second-order valence-corrected chi connectivity index (χ2v) is 6.39. The number of aromatic nitrogens is 1. The number of ether oxygens (including phenoxy) is 1. The van der Waals surface area contributed by atoms with Crippen LogP contribution in [0, 0.1) is 6.92 Å². The first-order valence-electron chi connectivity index (χ1n) is 6.55. The summed E-state index contributed by atoms with van der Waals surface area (Å²) in [6.07, 6.45) is 2.56. The molecule has 1 aliphatic rings. The Labute approximate surface area is 123 Å². The third kappa shape index (κ3) is 2.95. The minimum Gasteiger partial charge on any atom is -0.486 e. The molecule has 4 heteroatoms. The van der Waals surface area contributed by atoms with Crippen molar-refractivity contribution >= 4 is 24.0 Å². The summed E-state index contributed by atoms with van der Waals surface area (Å²) in [4.78, 5) is 6.05. The maximum absolute atomic E-state index is 5.86. The van der Waals surface area contributed by atoms with Gasteiger partial charge in [0, 0.05) is 16.5 Å². The minimum atomic E-state index is 0.559. The fourth-order valence-electron chi connectivity index (χ4n) is 2.12. The third-order valence-electron chi connectivity index (χ3n) is 3.32. The van der Waals surface area contributed by atoms with E-state index < -0.39 is 0 Å². The standard InChI is InChI=1S/C15H17NOS2/c1-10-4-2-3-5-12(10)17-8-14-16-15(11-6-7-11)13(9-18)19-14/h2-5,11,18H,6-9H2,1H3. The molecule has 19 heavy (non-hydrogen) atoms. The lowest BCUT2D eigenvalue weighted by Gasteiger charge is -2.06. The van der Waals surface area contributed by atoms with Gasteiger partial charge in [-0.25, -0.2) is 4.98 Å². The maximum atomic E-state index is 5.86. The molecule has 1 fully saturated rings. The van der Waals surface area contributed by atoms with Gasteiger partial charge in [-0.3, -0.25) is 0 Å². The topological polar surface area (TPSA) is 22.1 Å². The van der Waals surface area contributed by atoms with Crippen molar-refractivity contribution in [1.82, 2.24) is 4.98 Å². The van der Waals surface area contributed by atoms with Gasteiger partial charge >= 0.3 is 0 Å². The molecule has 0 radical (unpaired) electrons. The SMILES string of the molecule is Cc1ccccc1OCc1nc(C2CC2)c(CS)s1. The number of hydrogen-bond acceptors (Lipinski definition) is 4. The Morgan fingerprint density at radius 1 is 1.37 bits per heavy atom. The highest BCUT2D eigenvalue weighted by Gasteiger charge is 2.29. The minimum absolute atomic E-state index is 0.559. The van der Waals surface area contributed by atoms with Gasteiger partial charge in [0.2, 0.25) is 0 Å². The van der Waals surface area contributed by atoms with Crippen molar-refractivity contribution in [3.63, 3.8) is 0 Å². The number of aryl methyl sites for hydroxylation is 1. The number of nitrogens with zero attached hydrogens (tertiary/aromatic N) is 1. The van der Waals surface area contributed by atoms with Crippen LogP contribution in [-0.4, -0.2) is 4.98 Å². The van der Waals surface area contributed by atoms with Crippen LogP contribution in [0.2, 0.25) is 0 Å². The highest BCUT2D eigenvalue weighted by molar-refractivity contribution is 7.79. The molecule has 2 nitrogen and oxygen atoms in total. The monoisotopic (exact) mass is 291 g/mol. The smallest absolute Gasteiger partial charge is 0.140 e. The molecule has 0 bridgehead atoms. The van der Waals surface area contributed by atoms with Crippen molar-refractivity contribution < 1.29 is 4.74 Å². The number of benzene rings is 1. The van der Waals surface area contributed by atoms with E-state index in [1.807, 2.05) is 18.2 Å². The zero-order valence-corrected chi connectivity index (χ0v) is 12.6. The van der Waals surface area contributed by atoms with Crippen LogP contribution in [0.15, 0.2) is 24.3 Å². The molecular weight excluding hydrogens is 274 g/mol. The highest BCUT2D eigenvalue weighted by atomic mass is 32.1. The lowest BCUT2D eigenvalue weighted by molar-refractivity contribution is 0.303. The predicted octanol–water partition coefficient (Wildman–Crippen LogP) is 4.34. The van der Waals surface area contributed by atoms with Gasteiger partial charge in [0.1, 0.15) is 17.4 Å². The highest BCUT2D eigenvalue weighted by Crippen LogP contribution is 2.43. The van der Waals surface area contributed by atoms with Crippen LogP contribution in [-0.2, 0) is 12.4 Å². The Morgan fingerprint density at radius 3 is 2.84 bits per heavy atom. The average molecular weight is 291 g/mol. The van der Waals surface area contributed by atoms with Crippen molar-refractivity contribution in [3.8, 4) is 5.75 Å². The van der Waals surface area contributed by atoms with Crippen molar-refractivity contribution in [1.29, 1.82) is 0 Å². The predicted molar refractivity (Wildman–Crippen MR) is 82.3 cm³/mol. The van der Waals surface area contributed by atoms with Crippen LogP contribution in [0.25, 0.3) is 0 Å². The summed E-state index contributed by atoms with van der Waals surface area (Å²) in [5.41, 5.74) is 2.43. The molecule has 2 aromatic rings. The largest absolute Gasteiger partial charge is 0.486 e. The first-order chi connectivity index (χ1) is 9.28. The Hall–Kier alpha value is -1.000. The van der Waals surface area contributed by atoms with Crippen molar-refractivity contribution in [3.05, 3.63) is 45.4 Å². The molecule has 0 amide bonds. The summed E-state index contributed by atoms with van der Waals surface area (Å²) < 4.78 is 5.86. The van der Waals surface area contributed by atoms with Crippen LogP contribution < -0.4 is 4.74 Å². The number of thiazole rings is 1. The van der Waals surface area contributed by atoms with Gasteiger partial charge in [-0.1, -0.05) is 18.2 Å². The van der Waals surface area contributed by atoms with E-state index in [1.165, 1.54) is 23.4 Å². The van der Waals surface area contributed by atoms with Crippen LogP contribution >= 0.6 is 24.0 Å². The number of rotatable bonds is 5. The number of hydrogen-bond donors (Lipinski definition) is 1. The second-order valence-electron chi connectivity index (χ2n) is 4.90. The van der Waals surface area contributed by atoms with E-state index in [1.54, 1.807) is 11.3 Å². The summed E-state index contributed by atoms with van der Waals surface area (Å²) in [7, 11) is 0. The van der Waals surface area contributed by atoms with Gasteiger partial charge in [-0.15, -0.1) is 11.3 Å². The molecule has 0 atom stereocenters. The Kier molecular flexibility index (Phi) is 3.80. The first kappa shape index (κ1) is 13.0. The van der Waals surface area contributed by atoms with Crippen LogP contribution in [0.3, 0.4) is 0 Å². The van der Waals surface area contributed by atoms with E-state index in [2.05, 4.69) is 25.6 Å². The maximum Gasteiger partial charge on any atom is 0.140 e.